The Morgan fingerprint density at radius 1 is 1.21 bits per heavy atom. The second kappa shape index (κ2) is 10.4. The number of aromatic nitrogens is 5. The number of hydrogen-bond acceptors (Lipinski definition) is 8. The Bertz CT molecular complexity index is 1700. The van der Waals surface area contributed by atoms with Crippen LogP contribution in [0.1, 0.15) is 24.1 Å². The molecule has 0 aliphatic carbocycles. The van der Waals surface area contributed by atoms with Crippen molar-refractivity contribution in [3.05, 3.63) is 101 Å². The van der Waals surface area contributed by atoms with Gasteiger partial charge in [-0.2, -0.15) is 5.10 Å². The molecule has 0 aliphatic rings. The van der Waals surface area contributed by atoms with Crippen molar-refractivity contribution in [1.29, 1.82) is 5.41 Å². The predicted molar refractivity (Wildman–Crippen MR) is 141 cm³/mol. The Kier molecular flexibility index (Phi) is 7.04. The zero-order valence-corrected chi connectivity index (χ0v) is 21.6. The standard InChI is InChI=1S/C26H23F2N7O3S/c1-15(26(37,11-34-13-30-12-32-34)19-8-7-18(27)9-20(19)28)35-14-31-21-10-22(39-23(21)25(35)36)16-3-5-17(6-4-16)24(29)33-38-2/h3-10,12-15,37H,11H2,1-2H3,(H2,29,33). The lowest BCUT2D eigenvalue weighted by Gasteiger charge is -2.35. The van der Waals surface area contributed by atoms with E-state index in [2.05, 4.69) is 20.5 Å². The SMILES string of the molecule is CONC(=N)c1ccc(-c2cc3ncn(C(C)C(O)(Cn4cncn4)c4ccc(F)cc4F)c(=O)c3s2)cc1. The third-order valence-corrected chi connectivity index (χ3v) is 7.66. The van der Waals surface area contributed by atoms with E-state index in [1.54, 1.807) is 25.1 Å². The number of hydroxylamine groups is 1. The first-order chi connectivity index (χ1) is 18.7. The summed E-state index contributed by atoms with van der Waals surface area (Å²) in [6.07, 6.45) is 3.93. The fourth-order valence-corrected chi connectivity index (χ4v) is 5.43. The van der Waals surface area contributed by atoms with Gasteiger partial charge in [0.2, 0.25) is 0 Å². The summed E-state index contributed by atoms with van der Waals surface area (Å²) in [6, 6.07) is 10.8. The number of halogens is 2. The van der Waals surface area contributed by atoms with Gasteiger partial charge in [0.15, 0.2) is 0 Å². The molecule has 2 aromatic carbocycles. The zero-order valence-electron chi connectivity index (χ0n) is 20.8. The lowest BCUT2D eigenvalue weighted by Crippen LogP contribution is -2.43. The summed E-state index contributed by atoms with van der Waals surface area (Å²) in [5.41, 5.74) is 1.75. The Morgan fingerprint density at radius 3 is 2.64 bits per heavy atom. The molecule has 5 aromatic rings. The molecule has 0 saturated carbocycles. The second-order valence-corrected chi connectivity index (χ2v) is 9.91. The zero-order chi connectivity index (χ0) is 27.7. The average Bonchev–Trinajstić information content (AvgIpc) is 3.59. The van der Waals surface area contributed by atoms with Gasteiger partial charge in [-0.15, -0.1) is 11.3 Å². The maximum atomic E-state index is 14.9. The van der Waals surface area contributed by atoms with Gasteiger partial charge in [0.25, 0.3) is 5.56 Å². The van der Waals surface area contributed by atoms with Gasteiger partial charge in [0.05, 0.1) is 31.5 Å². The van der Waals surface area contributed by atoms with Gasteiger partial charge in [-0.25, -0.2) is 28.9 Å². The van der Waals surface area contributed by atoms with E-state index in [-0.39, 0.29) is 17.9 Å². The summed E-state index contributed by atoms with van der Waals surface area (Å²) in [7, 11) is 1.42. The molecule has 0 saturated heterocycles. The molecule has 0 spiro atoms. The van der Waals surface area contributed by atoms with Crippen molar-refractivity contribution < 1.29 is 18.7 Å². The first kappa shape index (κ1) is 26.3. The van der Waals surface area contributed by atoms with Crippen LogP contribution in [0.5, 0.6) is 0 Å². The van der Waals surface area contributed by atoms with Gasteiger partial charge in [0.1, 0.15) is 40.4 Å². The van der Waals surface area contributed by atoms with Crippen molar-refractivity contribution in [3.63, 3.8) is 0 Å². The number of benzene rings is 2. The summed E-state index contributed by atoms with van der Waals surface area (Å²) in [4.78, 5) is 27.5. The van der Waals surface area contributed by atoms with Gasteiger partial charge in [-0.3, -0.25) is 19.6 Å². The topological polar surface area (TPSA) is 131 Å². The summed E-state index contributed by atoms with van der Waals surface area (Å²) < 4.78 is 31.5. The van der Waals surface area contributed by atoms with Crippen molar-refractivity contribution in [2.75, 3.05) is 7.11 Å². The fourth-order valence-electron chi connectivity index (χ4n) is 4.38. The minimum atomic E-state index is -2.01. The van der Waals surface area contributed by atoms with Gasteiger partial charge in [0, 0.05) is 22.1 Å². The smallest absolute Gasteiger partial charge is 0.271 e. The van der Waals surface area contributed by atoms with Crippen molar-refractivity contribution in [1.82, 2.24) is 29.8 Å². The van der Waals surface area contributed by atoms with E-state index < -0.39 is 28.8 Å². The third-order valence-electron chi connectivity index (χ3n) is 6.50. The van der Waals surface area contributed by atoms with Crippen LogP contribution in [0.4, 0.5) is 8.78 Å². The van der Waals surface area contributed by atoms with E-state index in [1.807, 2.05) is 12.1 Å². The maximum Gasteiger partial charge on any atom is 0.271 e. The van der Waals surface area contributed by atoms with Crippen molar-refractivity contribution in [2.24, 2.45) is 0 Å². The lowest BCUT2D eigenvalue weighted by molar-refractivity contribution is -0.0343. The molecule has 0 bridgehead atoms. The summed E-state index contributed by atoms with van der Waals surface area (Å²) in [6.45, 7) is 1.31. The molecular formula is C26H23F2N7O3S. The van der Waals surface area contributed by atoms with Gasteiger partial charge in [-0.1, -0.05) is 30.3 Å². The van der Waals surface area contributed by atoms with Crippen LogP contribution in [-0.4, -0.2) is 42.4 Å². The van der Waals surface area contributed by atoms with Crippen LogP contribution in [0.2, 0.25) is 0 Å². The highest BCUT2D eigenvalue weighted by atomic mass is 32.1. The van der Waals surface area contributed by atoms with Crippen LogP contribution in [0.25, 0.3) is 20.7 Å². The van der Waals surface area contributed by atoms with E-state index >= 15 is 0 Å². The predicted octanol–water partition coefficient (Wildman–Crippen LogP) is 3.62. The van der Waals surface area contributed by atoms with Crippen LogP contribution in [0, 0.1) is 17.0 Å². The number of hydrogen-bond donors (Lipinski definition) is 3. The normalized spacial score (nSPS) is 13.8. The molecule has 39 heavy (non-hydrogen) atoms. The van der Waals surface area contributed by atoms with Crippen LogP contribution in [0.3, 0.4) is 0 Å². The van der Waals surface area contributed by atoms with Crippen molar-refractivity contribution >= 4 is 27.4 Å². The average molecular weight is 552 g/mol. The van der Waals surface area contributed by atoms with E-state index in [0.717, 1.165) is 22.6 Å². The maximum absolute atomic E-state index is 14.9. The van der Waals surface area contributed by atoms with Gasteiger partial charge < -0.3 is 5.11 Å². The minimum absolute atomic E-state index is 0.106. The number of fused-ring (bicyclic) bond motifs is 1. The quantitative estimate of drug-likeness (QED) is 0.153. The number of rotatable bonds is 8. The number of nitrogens with zero attached hydrogens (tertiary/aromatic N) is 5. The largest absolute Gasteiger partial charge is 0.381 e. The van der Waals surface area contributed by atoms with Crippen LogP contribution in [-0.2, 0) is 17.0 Å². The Morgan fingerprint density at radius 2 is 1.97 bits per heavy atom. The minimum Gasteiger partial charge on any atom is -0.381 e. The van der Waals surface area contributed by atoms with E-state index in [4.69, 9.17) is 10.2 Å². The van der Waals surface area contributed by atoms with Crippen molar-refractivity contribution in [3.8, 4) is 10.4 Å². The molecule has 13 heteroatoms. The molecule has 5 rings (SSSR count). The lowest BCUT2D eigenvalue weighted by atomic mass is 9.86. The molecule has 2 unspecified atom stereocenters. The van der Waals surface area contributed by atoms with Crippen LogP contribution < -0.4 is 11.0 Å². The monoisotopic (exact) mass is 551 g/mol. The first-order valence-corrected chi connectivity index (χ1v) is 12.5. The first-order valence-electron chi connectivity index (χ1n) is 11.7. The molecule has 3 N–H and O–H groups in total. The van der Waals surface area contributed by atoms with Crippen LogP contribution >= 0.6 is 11.3 Å². The highest BCUT2D eigenvalue weighted by Gasteiger charge is 2.41. The second-order valence-electron chi connectivity index (χ2n) is 8.86. The molecule has 10 nitrogen and oxygen atoms in total. The summed E-state index contributed by atoms with van der Waals surface area (Å²) in [5.74, 6) is -1.64. The Hall–Kier alpha value is -4.33. The molecule has 0 fully saturated rings. The van der Waals surface area contributed by atoms with E-state index in [0.29, 0.717) is 21.8 Å². The number of amidine groups is 1. The molecular weight excluding hydrogens is 528 g/mol. The Balaban J connectivity index is 1.55. The van der Waals surface area contributed by atoms with Gasteiger partial charge >= 0.3 is 0 Å². The molecule has 200 valence electrons. The van der Waals surface area contributed by atoms with E-state index in [9.17, 15) is 18.7 Å². The summed E-state index contributed by atoms with van der Waals surface area (Å²) in [5, 5.41) is 23.8. The highest BCUT2D eigenvalue weighted by molar-refractivity contribution is 7.22. The van der Waals surface area contributed by atoms with Gasteiger partial charge in [-0.05, 0) is 24.6 Å². The molecule has 2 atom stereocenters. The highest BCUT2D eigenvalue weighted by Crippen LogP contribution is 2.37. The molecule has 0 aliphatic heterocycles. The number of aliphatic hydroxyl groups is 1. The third kappa shape index (κ3) is 4.94. The van der Waals surface area contributed by atoms with E-state index in [1.165, 1.54) is 46.7 Å². The number of nitrogens with one attached hydrogen (secondary N) is 2. The molecule has 0 amide bonds. The fraction of sp³-hybridized carbons (Fsp3) is 0.192. The molecule has 3 heterocycles. The molecule has 0 radical (unpaired) electrons. The Labute approximate surface area is 224 Å². The molecule has 3 aromatic heterocycles. The number of thiophene rings is 1. The van der Waals surface area contributed by atoms with Crippen LogP contribution in [0.15, 0.2) is 72.3 Å². The summed E-state index contributed by atoms with van der Waals surface area (Å²) >= 11 is 1.23. The van der Waals surface area contributed by atoms with Crippen molar-refractivity contribution in [2.45, 2.75) is 25.1 Å².